The SMILES string of the molecule is CC/C=C\C/C=C\C/C=C\C/C=C\C/C=C\C/C=C\C/C=C\CCCCCCCCCCCCCC(=O)OCC(COC(=O)CCCCCCC/C=C\CCCC)OC(=O)CCCCCCC/C=C\CCCCC. The van der Waals surface area contributed by atoms with Gasteiger partial charge in [-0.1, -0.05) is 252 Å². The van der Waals surface area contributed by atoms with Crippen LogP contribution in [0.1, 0.15) is 284 Å². The topological polar surface area (TPSA) is 78.9 Å². The largest absolute Gasteiger partial charge is 0.462 e. The van der Waals surface area contributed by atoms with E-state index >= 15 is 0 Å². The standard InChI is InChI=1S/C68H114O6/c1-4-7-10-13-16-19-22-24-25-26-27-28-29-30-31-32-33-34-35-36-37-38-39-40-41-42-43-44-47-49-52-55-58-61-67(70)73-64-65(63-72-66(69)60-57-54-51-48-45-21-18-15-12-9-6-3)74-68(71)62-59-56-53-50-46-23-20-17-14-11-8-5-2/h7,10,15-20,24-25,27-28,30-31,33-34,36-37,65H,4-6,8-9,11-14,21-23,26,29,32,35,38-64H2,1-3H3/b10-7-,18-15-,19-16-,20-17-,25-24-,28-27-,31-30-,34-33-,37-36-. The summed E-state index contributed by atoms with van der Waals surface area (Å²) in [5.41, 5.74) is 0. The molecule has 0 aromatic carbocycles. The van der Waals surface area contributed by atoms with Crippen LogP contribution < -0.4 is 0 Å². The highest BCUT2D eigenvalue weighted by Crippen LogP contribution is 2.15. The molecular formula is C68H114O6. The molecule has 0 rings (SSSR count). The number of hydrogen-bond acceptors (Lipinski definition) is 6. The van der Waals surface area contributed by atoms with Gasteiger partial charge in [0, 0.05) is 19.3 Å². The predicted molar refractivity (Wildman–Crippen MR) is 320 cm³/mol. The summed E-state index contributed by atoms with van der Waals surface area (Å²) in [4.78, 5) is 38.1. The van der Waals surface area contributed by atoms with Crippen LogP contribution in [-0.4, -0.2) is 37.2 Å². The molecule has 0 aliphatic rings. The second-order valence-corrected chi connectivity index (χ2v) is 20.2. The third-order valence-electron chi connectivity index (χ3n) is 13.0. The van der Waals surface area contributed by atoms with E-state index in [0.29, 0.717) is 19.3 Å². The normalized spacial score (nSPS) is 12.9. The number of carbonyl (C=O) groups is 3. The van der Waals surface area contributed by atoms with Gasteiger partial charge in [-0.05, 0) is 122 Å². The number of esters is 3. The van der Waals surface area contributed by atoms with E-state index in [0.717, 1.165) is 122 Å². The average molecular weight is 1030 g/mol. The maximum Gasteiger partial charge on any atom is 0.306 e. The second-order valence-electron chi connectivity index (χ2n) is 20.2. The van der Waals surface area contributed by atoms with Crippen LogP contribution in [0.25, 0.3) is 0 Å². The highest BCUT2D eigenvalue weighted by atomic mass is 16.6. The monoisotopic (exact) mass is 1030 g/mol. The Morgan fingerprint density at radius 3 is 0.878 bits per heavy atom. The van der Waals surface area contributed by atoms with Crippen LogP contribution in [-0.2, 0) is 28.6 Å². The molecule has 0 saturated carbocycles. The Balaban J connectivity index is 4.15. The minimum absolute atomic E-state index is 0.0848. The summed E-state index contributed by atoms with van der Waals surface area (Å²) >= 11 is 0. The average Bonchev–Trinajstić information content (AvgIpc) is 3.40. The summed E-state index contributed by atoms with van der Waals surface area (Å²) in [7, 11) is 0. The van der Waals surface area contributed by atoms with Crippen molar-refractivity contribution in [1.82, 2.24) is 0 Å². The van der Waals surface area contributed by atoms with Crippen LogP contribution in [0.15, 0.2) is 109 Å². The van der Waals surface area contributed by atoms with Gasteiger partial charge in [0.25, 0.3) is 0 Å². The van der Waals surface area contributed by atoms with Gasteiger partial charge in [-0.15, -0.1) is 0 Å². The quantitative estimate of drug-likeness (QED) is 0.0261. The fourth-order valence-corrected chi connectivity index (χ4v) is 8.34. The molecule has 422 valence electrons. The zero-order valence-corrected chi connectivity index (χ0v) is 48.3. The third-order valence-corrected chi connectivity index (χ3v) is 13.0. The van der Waals surface area contributed by atoms with E-state index < -0.39 is 6.10 Å². The third kappa shape index (κ3) is 59.0. The number of rotatable bonds is 55. The summed E-state index contributed by atoms with van der Waals surface area (Å²) in [6.07, 6.45) is 83.9. The fourth-order valence-electron chi connectivity index (χ4n) is 8.34. The second kappa shape index (κ2) is 61.6. The molecule has 0 amide bonds. The van der Waals surface area contributed by atoms with E-state index in [2.05, 4.69) is 130 Å². The van der Waals surface area contributed by atoms with Crippen molar-refractivity contribution in [3.63, 3.8) is 0 Å². The van der Waals surface area contributed by atoms with Gasteiger partial charge in [0.2, 0.25) is 0 Å². The van der Waals surface area contributed by atoms with Gasteiger partial charge in [-0.2, -0.15) is 0 Å². The molecule has 0 aromatic heterocycles. The number of unbranched alkanes of at least 4 members (excludes halogenated alkanes) is 26. The molecule has 0 bridgehead atoms. The lowest BCUT2D eigenvalue weighted by Gasteiger charge is -2.18. The molecule has 0 heterocycles. The van der Waals surface area contributed by atoms with E-state index in [4.69, 9.17) is 14.2 Å². The fraction of sp³-hybridized carbons (Fsp3) is 0.691. The molecule has 0 aromatic rings. The Morgan fingerprint density at radius 2 is 0.541 bits per heavy atom. The molecule has 0 aliphatic carbocycles. The van der Waals surface area contributed by atoms with Crippen molar-refractivity contribution >= 4 is 17.9 Å². The van der Waals surface area contributed by atoms with Crippen molar-refractivity contribution in [3.8, 4) is 0 Å². The Morgan fingerprint density at radius 1 is 0.284 bits per heavy atom. The lowest BCUT2D eigenvalue weighted by atomic mass is 10.0. The molecule has 0 aliphatic heterocycles. The minimum atomic E-state index is -0.786. The lowest BCUT2D eigenvalue weighted by Crippen LogP contribution is -2.30. The van der Waals surface area contributed by atoms with Crippen molar-refractivity contribution < 1.29 is 28.6 Å². The Kier molecular flexibility index (Phi) is 58.3. The summed E-state index contributed by atoms with van der Waals surface area (Å²) in [5, 5.41) is 0. The number of ether oxygens (including phenoxy) is 3. The van der Waals surface area contributed by atoms with Crippen LogP contribution in [0.3, 0.4) is 0 Å². The predicted octanol–water partition coefficient (Wildman–Crippen LogP) is 21.0. The summed E-state index contributed by atoms with van der Waals surface area (Å²) < 4.78 is 16.8. The maximum atomic E-state index is 12.8. The van der Waals surface area contributed by atoms with Crippen molar-refractivity contribution in [2.24, 2.45) is 0 Å². The highest BCUT2D eigenvalue weighted by molar-refractivity contribution is 5.71. The van der Waals surface area contributed by atoms with Crippen LogP contribution in [0.4, 0.5) is 0 Å². The van der Waals surface area contributed by atoms with Crippen LogP contribution in [0, 0.1) is 0 Å². The van der Waals surface area contributed by atoms with Crippen molar-refractivity contribution in [2.75, 3.05) is 13.2 Å². The molecule has 0 fully saturated rings. The van der Waals surface area contributed by atoms with Gasteiger partial charge in [-0.3, -0.25) is 14.4 Å². The zero-order chi connectivity index (χ0) is 53.6. The van der Waals surface area contributed by atoms with E-state index in [1.54, 1.807) is 0 Å². The minimum Gasteiger partial charge on any atom is -0.462 e. The van der Waals surface area contributed by atoms with E-state index in [9.17, 15) is 14.4 Å². The van der Waals surface area contributed by atoms with Crippen LogP contribution >= 0.6 is 0 Å². The smallest absolute Gasteiger partial charge is 0.306 e. The first kappa shape index (κ1) is 70.1. The summed E-state index contributed by atoms with van der Waals surface area (Å²) in [6.45, 7) is 6.45. The Hall–Kier alpha value is -3.93. The Labute approximate surface area is 457 Å². The molecule has 74 heavy (non-hydrogen) atoms. The molecule has 0 saturated heterocycles. The van der Waals surface area contributed by atoms with Crippen molar-refractivity contribution in [3.05, 3.63) is 109 Å². The van der Waals surface area contributed by atoms with Gasteiger partial charge < -0.3 is 14.2 Å². The maximum absolute atomic E-state index is 12.8. The first-order valence-corrected chi connectivity index (χ1v) is 30.9. The molecule has 6 nitrogen and oxygen atoms in total. The lowest BCUT2D eigenvalue weighted by molar-refractivity contribution is -0.167. The zero-order valence-electron chi connectivity index (χ0n) is 48.3. The molecular weight excluding hydrogens is 913 g/mol. The van der Waals surface area contributed by atoms with Gasteiger partial charge in [0.15, 0.2) is 6.10 Å². The summed E-state index contributed by atoms with van der Waals surface area (Å²) in [6, 6.07) is 0. The number of carbonyl (C=O) groups excluding carboxylic acids is 3. The Bertz CT molecular complexity index is 1510. The van der Waals surface area contributed by atoms with Gasteiger partial charge in [0.05, 0.1) is 0 Å². The molecule has 6 heteroatoms. The van der Waals surface area contributed by atoms with Crippen molar-refractivity contribution in [2.45, 2.75) is 290 Å². The number of hydrogen-bond donors (Lipinski definition) is 0. The van der Waals surface area contributed by atoms with Crippen LogP contribution in [0.5, 0.6) is 0 Å². The highest BCUT2D eigenvalue weighted by Gasteiger charge is 2.19. The molecule has 0 N–H and O–H groups in total. The van der Waals surface area contributed by atoms with Gasteiger partial charge in [0.1, 0.15) is 13.2 Å². The van der Waals surface area contributed by atoms with Gasteiger partial charge >= 0.3 is 17.9 Å². The molecule has 0 radical (unpaired) electrons. The molecule has 1 atom stereocenters. The van der Waals surface area contributed by atoms with E-state index in [1.165, 1.54) is 122 Å². The van der Waals surface area contributed by atoms with E-state index in [1.807, 2.05) is 0 Å². The van der Waals surface area contributed by atoms with Gasteiger partial charge in [-0.25, -0.2) is 0 Å². The van der Waals surface area contributed by atoms with Crippen molar-refractivity contribution in [1.29, 1.82) is 0 Å². The molecule has 1 unspecified atom stereocenters. The summed E-state index contributed by atoms with van der Waals surface area (Å²) in [5.74, 6) is -0.904. The van der Waals surface area contributed by atoms with Crippen LogP contribution in [0.2, 0.25) is 0 Å². The first-order chi connectivity index (χ1) is 36.5. The molecule has 0 spiro atoms. The number of allylic oxidation sites excluding steroid dienone is 18. The van der Waals surface area contributed by atoms with E-state index in [-0.39, 0.29) is 31.1 Å². The first-order valence-electron chi connectivity index (χ1n) is 30.9.